The van der Waals surface area contributed by atoms with Crippen LogP contribution >= 0.6 is 11.6 Å². The lowest BCUT2D eigenvalue weighted by Crippen LogP contribution is -2.27. The van der Waals surface area contributed by atoms with Crippen LogP contribution in [0.5, 0.6) is 0 Å². The number of hydrogen-bond acceptors (Lipinski definition) is 4. The van der Waals surface area contributed by atoms with Crippen molar-refractivity contribution >= 4 is 27.2 Å². The zero-order valence-electron chi connectivity index (χ0n) is 16.9. The van der Waals surface area contributed by atoms with Gasteiger partial charge in [-0.15, -0.1) is 0 Å². The van der Waals surface area contributed by atoms with Crippen molar-refractivity contribution in [3.63, 3.8) is 0 Å². The lowest BCUT2D eigenvalue weighted by molar-refractivity contribution is 0.0800. The Balaban J connectivity index is 1.78. The molecule has 0 bridgehead atoms. The molecule has 0 saturated carbocycles. The second-order valence-corrected chi connectivity index (χ2v) is 10.2. The number of nitriles is 1. The van der Waals surface area contributed by atoms with Crippen LogP contribution in [0.4, 0.5) is 0 Å². The Morgan fingerprint density at radius 1 is 1.00 bits per heavy atom. The second kappa shape index (κ2) is 8.22. The molecular weight excluding hydrogens is 430 g/mol. The summed E-state index contributed by atoms with van der Waals surface area (Å²) >= 11 is 6.03. The predicted octanol–water partition coefficient (Wildman–Crippen LogP) is 5.78. The van der Waals surface area contributed by atoms with Gasteiger partial charge in [0.2, 0.25) is 9.84 Å². The summed E-state index contributed by atoms with van der Waals surface area (Å²) in [7, 11) is -3.82. The van der Waals surface area contributed by atoms with Crippen molar-refractivity contribution in [2.24, 2.45) is 0 Å². The highest BCUT2D eigenvalue weighted by Gasteiger charge is 2.43. The van der Waals surface area contributed by atoms with Gasteiger partial charge >= 0.3 is 0 Å². The molecule has 4 rings (SSSR count). The Labute approximate surface area is 187 Å². The summed E-state index contributed by atoms with van der Waals surface area (Å²) in [6, 6.07) is 24.8. The van der Waals surface area contributed by atoms with Crippen LogP contribution in [0.2, 0.25) is 5.02 Å². The zero-order valence-corrected chi connectivity index (χ0v) is 18.5. The van der Waals surface area contributed by atoms with E-state index in [-0.39, 0.29) is 16.2 Å². The van der Waals surface area contributed by atoms with Gasteiger partial charge in [0.05, 0.1) is 21.4 Å². The molecule has 0 amide bonds. The van der Waals surface area contributed by atoms with Crippen molar-refractivity contribution in [2.45, 2.75) is 30.3 Å². The minimum atomic E-state index is -3.82. The zero-order chi connectivity index (χ0) is 22.1. The van der Waals surface area contributed by atoms with E-state index in [1.807, 2.05) is 43.3 Å². The molecular formula is C25H20ClNO3S. The highest BCUT2D eigenvalue weighted by atomic mass is 35.5. The van der Waals surface area contributed by atoms with E-state index in [4.69, 9.17) is 21.6 Å². The molecule has 0 saturated heterocycles. The van der Waals surface area contributed by atoms with E-state index in [0.717, 1.165) is 5.56 Å². The van der Waals surface area contributed by atoms with E-state index in [1.54, 1.807) is 24.3 Å². The first-order chi connectivity index (χ1) is 14.8. The largest absolute Gasteiger partial charge is 0.485 e. The van der Waals surface area contributed by atoms with Gasteiger partial charge in [0.15, 0.2) is 0 Å². The van der Waals surface area contributed by atoms with Gasteiger partial charge in [0.1, 0.15) is 11.4 Å². The lowest BCUT2D eigenvalue weighted by atomic mass is 9.94. The fraction of sp³-hybridized carbons (Fsp3) is 0.160. The number of sulfone groups is 1. The third-order valence-electron chi connectivity index (χ3n) is 5.28. The maximum Gasteiger partial charge on any atom is 0.206 e. The third kappa shape index (κ3) is 4.36. The van der Waals surface area contributed by atoms with E-state index in [9.17, 15) is 8.42 Å². The number of nitrogens with zero attached hydrogens (tertiary/aromatic N) is 1. The summed E-state index contributed by atoms with van der Waals surface area (Å²) in [4.78, 5) is 0.374. The van der Waals surface area contributed by atoms with Crippen LogP contribution < -0.4 is 0 Å². The first-order valence-electron chi connectivity index (χ1n) is 9.78. The Kier molecular flexibility index (Phi) is 5.62. The van der Waals surface area contributed by atoms with Gasteiger partial charge in [0, 0.05) is 23.4 Å². The minimum Gasteiger partial charge on any atom is -0.485 e. The average Bonchev–Trinajstić information content (AvgIpc) is 3.13. The normalized spacial score (nSPS) is 18.5. The topological polar surface area (TPSA) is 67.2 Å². The highest BCUT2D eigenvalue weighted by Crippen LogP contribution is 2.45. The molecule has 1 atom stereocenters. The molecule has 0 spiro atoms. The van der Waals surface area contributed by atoms with Crippen LogP contribution in [0.25, 0.3) is 5.76 Å². The second-order valence-electron chi connectivity index (χ2n) is 7.79. The monoisotopic (exact) mass is 449 g/mol. The first kappa shape index (κ1) is 21.2. The molecule has 6 heteroatoms. The van der Waals surface area contributed by atoms with Gasteiger partial charge in [-0.1, -0.05) is 41.9 Å². The van der Waals surface area contributed by atoms with Crippen LogP contribution in [0, 0.1) is 11.3 Å². The SMILES string of the molecule is CC1(Cc2ccccc2)CC(S(=O)(=O)c2ccc(C#N)cc2)=C(c2ccc(Cl)cc2)O1. The number of halogens is 1. The Morgan fingerprint density at radius 3 is 2.26 bits per heavy atom. The van der Waals surface area contributed by atoms with Gasteiger partial charge in [-0.2, -0.15) is 5.26 Å². The maximum absolute atomic E-state index is 13.6. The predicted molar refractivity (Wildman–Crippen MR) is 121 cm³/mol. The fourth-order valence-electron chi connectivity index (χ4n) is 3.77. The Bertz CT molecular complexity index is 1280. The van der Waals surface area contributed by atoms with Gasteiger partial charge in [-0.25, -0.2) is 8.42 Å². The molecule has 156 valence electrons. The van der Waals surface area contributed by atoms with Crippen molar-refractivity contribution in [1.29, 1.82) is 5.26 Å². The molecule has 1 heterocycles. The minimum absolute atomic E-state index is 0.139. The molecule has 3 aromatic rings. The van der Waals surface area contributed by atoms with Gasteiger partial charge in [-0.05, 0) is 61.0 Å². The van der Waals surface area contributed by atoms with Crippen molar-refractivity contribution in [1.82, 2.24) is 0 Å². The smallest absolute Gasteiger partial charge is 0.206 e. The third-order valence-corrected chi connectivity index (χ3v) is 7.40. The van der Waals surface area contributed by atoms with Crippen LogP contribution in [-0.2, 0) is 21.0 Å². The van der Waals surface area contributed by atoms with E-state index in [1.165, 1.54) is 24.3 Å². The standard InChI is InChI=1S/C25H20ClNO3S/c1-25(15-18-5-3-2-4-6-18)16-23(24(30-25)20-9-11-21(26)12-10-20)31(28,29)22-13-7-19(17-27)8-14-22/h2-14H,15-16H2,1H3. The molecule has 3 aromatic carbocycles. The quantitative estimate of drug-likeness (QED) is 0.495. The number of benzene rings is 3. The summed E-state index contributed by atoms with van der Waals surface area (Å²) in [5, 5.41) is 9.59. The van der Waals surface area contributed by atoms with Crippen LogP contribution in [-0.4, -0.2) is 14.0 Å². The number of hydrogen-bond donors (Lipinski definition) is 0. The molecule has 0 radical (unpaired) electrons. The van der Waals surface area contributed by atoms with E-state index in [0.29, 0.717) is 28.3 Å². The summed E-state index contributed by atoms with van der Waals surface area (Å²) in [5.41, 5.74) is 1.42. The molecule has 1 aliphatic heterocycles. The first-order valence-corrected chi connectivity index (χ1v) is 11.6. The lowest BCUT2D eigenvalue weighted by Gasteiger charge is -2.25. The summed E-state index contributed by atoms with van der Waals surface area (Å²) in [6.45, 7) is 1.93. The average molecular weight is 450 g/mol. The van der Waals surface area contributed by atoms with E-state index in [2.05, 4.69) is 0 Å². The molecule has 1 unspecified atom stereocenters. The van der Waals surface area contributed by atoms with Gasteiger partial charge < -0.3 is 4.74 Å². The van der Waals surface area contributed by atoms with Crippen LogP contribution in [0.3, 0.4) is 0 Å². The highest BCUT2D eigenvalue weighted by molar-refractivity contribution is 7.95. The molecule has 0 N–H and O–H groups in total. The molecule has 0 fully saturated rings. The van der Waals surface area contributed by atoms with Gasteiger partial charge in [-0.3, -0.25) is 0 Å². The van der Waals surface area contributed by atoms with Crippen LogP contribution in [0.1, 0.15) is 30.0 Å². The Morgan fingerprint density at radius 2 is 1.65 bits per heavy atom. The van der Waals surface area contributed by atoms with E-state index >= 15 is 0 Å². The summed E-state index contributed by atoms with van der Waals surface area (Å²) in [6.07, 6.45) is 0.805. The molecule has 31 heavy (non-hydrogen) atoms. The van der Waals surface area contributed by atoms with Crippen molar-refractivity contribution in [3.05, 3.63) is 105 Å². The van der Waals surface area contributed by atoms with Crippen LogP contribution in [0.15, 0.2) is 88.7 Å². The fourth-order valence-corrected chi connectivity index (χ4v) is 5.58. The van der Waals surface area contributed by atoms with Gasteiger partial charge in [0.25, 0.3) is 0 Å². The summed E-state index contributed by atoms with van der Waals surface area (Å²) < 4.78 is 33.5. The molecule has 1 aliphatic rings. The number of ether oxygens (including phenoxy) is 1. The van der Waals surface area contributed by atoms with Crippen molar-refractivity contribution < 1.29 is 13.2 Å². The number of rotatable bonds is 5. The molecule has 0 aromatic heterocycles. The molecule has 4 nitrogen and oxygen atoms in total. The van der Waals surface area contributed by atoms with E-state index < -0.39 is 15.4 Å². The van der Waals surface area contributed by atoms with Crippen molar-refractivity contribution in [3.8, 4) is 6.07 Å². The van der Waals surface area contributed by atoms with Crippen molar-refractivity contribution in [2.75, 3.05) is 0 Å². The molecule has 0 aliphatic carbocycles. The Hall–Kier alpha value is -3.07. The maximum atomic E-state index is 13.6. The summed E-state index contributed by atoms with van der Waals surface area (Å²) in [5.74, 6) is 0.347.